The molecule has 2 aromatic rings. The van der Waals surface area contributed by atoms with Crippen LogP contribution >= 0.6 is 11.3 Å². The number of hydrogen-bond acceptors (Lipinski definition) is 4. The second-order valence-electron chi connectivity index (χ2n) is 5.97. The van der Waals surface area contributed by atoms with Crippen molar-refractivity contribution in [1.82, 2.24) is 14.5 Å². The summed E-state index contributed by atoms with van der Waals surface area (Å²) in [6.07, 6.45) is 2.40. The van der Waals surface area contributed by atoms with Gasteiger partial charge in [0.25, 0.3) is 5.56 Å². The van der Waals surface area contributed by atoms with Crippen LogP contribution in [-0.4, -0.2) is 26.9 Å². The molecular formula is C15H19N3O2S. The standard InChI is InChI=1S/C15H19N3O2S/c1-9(2)6-18-8-16-14-13(15(18)20)11-4-5-17(10(3)19)7-12(11)21-14/h8-9H,4-7H2,1-3H3. The topological polar surface area (TPSA) is 55.2 Å². The molecule has 1 aliphatic rings. The summed E-state index contributed by atoms with van der Waals surface area (Å²) in [6, 6.07) is 0. The SMILES string of the molecule is CC(=O)N1CCc2c(sc3ncn(CC(C)C)c(=O)c23)C1. The van der Waals surface area contributed by atoms with E-state index in [-0.39, 0.29) is 11.5 Å². The van der Waals surface area contributed by atoms with Crippen molar-refractivity contribution in [2.75, 3.05) is 6.54 Å². The van der Waals surface area contributed by atoms with Crippen LogP contribution < -0.4 is 5.56 Å². The molecule has 3 rings (SSSR count). The van der Waals surface area contributed by atoms with Crippen molar-refractivity contribution < 1.29 is 4.79 Å². The molecule has 6 heteroatoms. The van der Waals surface area contributed by atoms with E-state index in [0.29, 0.717) is 25.6 Å². The minimum atomic E-state index is 0.0578. The van der Waals surface area contributed by atoms with Gasteiger partial charge >= 0.3 is 0 Å². The fraction of sp³-hybridized carbons (Fsp3) is 0.533. The minimum Gasteiger partial charge on any atom is -0.337 e. The van der Waals surface area contributed by atoms with Crippen molar-refractivity contribution in [1.29, 1.82) is 0 Å². The lowest BCUT2D eigenvalue weighted by Crippen LogP contribution is -2.34. The number of thiophene rings is 1. The van der Waals surface area contributed by atoms with Crippen LogP contribution in [0.2, 0.25) is 0 Å². The quantitative estimate of drug-likeness (QED) is 0.853. The third-order valence-corrected chi connectivity index (χ3v) is 4.96. The second kappa shape index (κ2) is 5.26. The van der Waals surface area contributed by atoms with Gasteiger partial charge in [-0.1, -0.05) is 13.8 Å². The van der Waals surface area contributed by atoms with E-state index in [0.717, 1.165) is 27.1 Å². The average Bonchev–Trinajstić information content (AvgIpc) is 2.79. The molecule has 5 nitrogen and oxygen atoms in total. The van der Waals surface area contributed by atoms with Crippen molar-refractivity contribution in [3.05, 3.63) is 27.1 Å². The van der Waals surface area contributed by atoms with Gasteiger partial charge in [0.15, 0.2) is 0 Å². The summed E-state index contributed by atoms with van der Waals surface area (Å²) in [4.78, 5) is 32.4. The zero-order chi connectivity index (χ0) is 15.1. The van der Waals surface area contributed by atoms with E-state index >= 15 is 0 Å². The Morgan fingerprint density at radius 2 is 2.24 bits per heavy atom. The Bertz CT molecular complexity index is 760. The highest BCUT2D eigenvalue weighted by Crippen LogP contribution is 2.32. The molecule has 0 unspecified atom stereocenters. The number of rotatable bonds is 2. The normalized spacial score (nSPS) is 14.8. The first-order chi connectivity index (χ1) is 9.97. The number of carbonyl (C=O) groups excluding carboxylic acids is 1. The van der Waals surface area contributed by atoms with Crippen LogP contribution in [0.1, 0.15) is 31.2 Å². The van der Waals surface area contributed by atoms with Gasteiger partial charge in [0, 0.05) is 24.9 Å². The molecule has 0 aromatic carbocycles. The average molecular weight is 305 g/mol. The van der Waals surface area contributed by atoms with Crippen molar-refractivity contribution in [2.24, 2.45) is 5.92 Å². The summed E-state index contributed by atoms with van der Waals surface area (Å²) in [5.41, 5.74) is 1.16. The molecule has 0 saturated carbocycles. The number of hydrogen-bond donors (Lipinski definition) is 0. The Morgan fingerprint density at radius 1 is 1.48 bits per heavy atom. The van der Waals surface area contributed by atoms with Crippen LogP contribution in [-0.2, 0) is 24.3 Å². The van der Waals surface area contributed by atoms with E-state index in [9.17, 15) is 9.59 Å². The van der Waals surface area contributed by atoms with Gasteiger partial charge in [0.05, 0.1) is 18.3 Å². The van der Waals surface area contributed by atoms with E-state index in [1.807, 2.05) is 4.90 Å². The molecule has 0 N–H and O–H groups in total. The first kappa shape index (κ1) is 14.3. The zero-order valence-corrected chi connectivity index (χ0v) is 13.4. The summed E-state index contributed by atoms with van der Waals surface area (Å²) in [5.74, 6) is 0.493. The van der Waals surface area contributed by atoms with Crippen LogP contribution in [0.4, 0.5) is 0 Å². The predicted molar refractivity (Wildman–Crippen MR) is 83.5 cm³/mol. The van der Waals surface area contributed by atoms with E-state index in [1.165, 1.54) is 0 Å². The smallest absolute Gasteiger partial charge is 0.262 e. The molecule has 1 amide bonds. The molecular weight excluding hydrogens is 286 g/mol. The Kier molecular flexibility index (Phi) is 3.57. The first-order valence-corrected chi connectivity index (χ1v) is 8.04. The van der Waals surface area contributed by atoms with E-state index in [1.54, 1.807) is 29.2 Å². The van der Waals surface area contributed by atoms with Crippen molar-refractivity contribution in [2.45, 2.75) is 40.3 Å². The molecule has 1 aliphatic heterocycles. The summed E-state index contributed by atoms with van der Waals surface area (Å²) in [5, 5.41) is 0.765. The third-order valence-electron chi connectivity index (χ3n) is 3.83. The van der Waals surface area contributed by atoms with Crippen molar-refractivity contribution >= 4 is 27.5 Å². The second-order valence-corrected chi connectivity index (χ2v) is 7.05. The predicted octanol–water partition coefficient (Wildman–Crippen LogP) is 2.02. The summed E-state index contributed by atoms with van der Waals surface area (Å²) in [7, 11) is 0. The summed E-state index contributed by atoms with van der Waals surface area (Å²) in [6.45, 7) is 7.75. The highest BCUT2D eigenvalue weighted by atomic mass is 32.1. The molecule has 0 saturated heterocycles. The van der Waals surface area contributed by atoms with Crippen LogP contribution in [0.5, 0.6) is 0 Å². The van der Waals surface area contributed by atoms with E-state index in [2.05, 4.69) is 18.8 Å². The molecule has 0 bridgehead atoms. The van der Waals surface area contributed by atoms with Gasteiger partial charge in [-0.25, -0.2) is 4.98 Å². The van der Waals surface area contributed by atoms with Gasteiger partial charge in [0.1, 0.15) is 4.83 Å². The Morgan fingerprint density at radius 3 is 2.90 bits per heavy atom. The van der Waals surface area contributed by atoms with Crippen LogP contribution in [0.15, 0.2) is 11.1 Å². The number of nitrogens with zero attached hydrogens (tertiary/aromatic N) is 3. The minimum absolute atomic E-state index is 0.0578. The van der Waals surface area contributed by atoms with Crippen LogP contribution in [0.3, 0.4) is 0 Å². The molecule has 0 fully saturated rings. The Hall–Kier alpha value is -1.69. The molecule has 112 valence electrons. The van der Waals surface area contributed by atoms with Gasteiger partial charge in [-0.3, -0.25) is 14.2 Å². The van der Waals surface area contributed by atoms with Crippen LogP contribution in [0.25, 0.3) is 10.2 Å². The zero-order valence-electron chi connectivity index (χ0n) is 12.5. The molecule has 0 radical (unpaired) electrons. The number of fused-ring (bicyclic) bond motifs is 3. The number of amides is 1. The lowest BCUT2D eigenvalue weighted by Gasteiger charge is -2.25. The van der Waals surface area contributed by atoms with Gasteiger partial charge in [-0.15, -0.1) is 11.3 Å². The van der Waals surface area contributed by atoms with Gasteiger partial charge in [-0.05, 0) is 17.9 Å². The molecule has 3 heterocycles. The number of aromatic nitrogens is 2. The van der Waals surface area contributed by atoms with Gasteiger partial charge < -0.3 is 4.90 Å². The largest absolute Gasteiger partial charge is 0.337 e. The van der Waals surface area contributed by atoms with E-state index in [4.69, 9.17) is 0 Å². The maximum absolute atomic E-state index is 12.7. The van der Waals surface area contributed by atoms with E-state index < -0.39 is 0 Å². The van der Waals surface area contributed by atoms with Crippen LogP contribution in [0, 0.1) is 5.92 Å². The first-order valence-electron chi connectivity index (χ1n) is 7.22. The lowest BCUT2D eigenvalue weighted by atomic mass is 10.1. The molecule has 0 spiro atoms. The summed E-state index contributed by atoms with van der Waals surface area (Å²) < 4.78 is 1.71. The molecule has 0 atom stereocenters. The van der Waals surface area contributed by atoms with Gasteiger partial charge in [-0.2, -0.15) is 0 Å². The van der Waals surface area contributed by atoms with Crippen molar-refractivity contribution in [3.8, 4) is 0 Å². The Labute approximate surface area is 127 Å². The third kappa shape index (κ3) is 2.48. The fourth-order valence-electron chi connectivity index (χ4n) is 2.81. The molecule has 0 aliphatic carbocycles. The highest BCUT2D eigenvalue weighted by molar-refractivity contribution is 7.18. The lowest BCUT2D eigenvalue weighted by molar-refractivity contribution is -0.129. The fourth-order valence-corrected chi connectivity index (χ4v) is 4.00. The maximum Gasteiger partial charge on any atom is 0.262 e. The van der Waals surface area contributed by atoms with Gasteiger partial charge in [0.2, 0.25) is 5.91 Å². The molecule has 21 heavy (non-hydrogen) atoms. The molecule has 2 aromatic heterocycles. The Balaban J connectivity index is 2.10. The highest BCUT2D eigenvalue weighted by Gasteiger charge is 2.24. The maximum atomic E-state index is 12.7. The monoisotopic (exact) mass is 305 g/mol. The van der Waals surface area contributed by atoms with Crippen molar-refractivity contribution in [3.63, 3.8) is 0 Å². The summed E-state index contributed by atoms with van der Waals surface area (Å²) >= 11 is 1.54. The number of carbonyl (C=O) groups is 1.